The van der Waals surface area contributed by atoms with Gasteiger partial charge in [0, 0.05) is 29.8 Å². The van der Waals surface area contributed by atoms with Gasteiger partial charge in [0.2, 0.25) is 17.9 Å². The summed E-state index contributed by atoms with van der Waals surface area (Å²) in [5, 5.41) is 55.0. The van der Waals surface area contributed by atoms with Gasteiger partial charge in [-0.15, -0.1) is 0 Å². The molecule has 248 valence electrons. The molecule has 6 rings (SSSR count). The third kappa shape index (κ3) is 5.90. The number of aliphatic hydroxyl groups excluding tert-OH is 4. The van der Waals surface area contributed by atoms with Crippen molar-refractivity contribution < 1.29 is 58.5 Å². The molecule has 4 fully saturated rings. The Morgan fingerprint density at radius 1 is 1.04 bits per heavy atom. The van der Waals surface area contributed by atoms with Gasteiger partial charge in [0.05, 0.1) is 24.4 Å². The fraction of sp³-hybridized carbons (Fsp3) is 0.688. The number of esters is 1. The van der Waals surface area contributed by atoms with Crippen molar-refractivity contribution in [2.45, 2.75) is 120 Å². The van der Waals surface area contributed by atoms with E-state index in [1.165, 1.54) is 0 Å². The van der Waals surface area contributed by atoms with Gasteiger partial charge in [0.25, 0.3) is 0 Å². The van der Waals surface area contributed by atoms with Gasteiger partial charge in [-0.05, 0) is 63.5 Å². The van der Waals surface area contributed by atoms with Gasteiger partial charge in [0.1, 0.15) is 24.4 Å². The lowest BCUT2D eigenvalue weighted by molar-refractivity contribution is -0.310. The van der Waals surface area contributed by atoms with Crippen LogP contribution >= 0.6 is 0 Å². The van der Waals surface area contributed by atoms with Crippen LogP contribution in [0.5, 0.6) is 11.5 Å². The third-order valence-electron chi connectivity index (χ3n) is 9.96. The molecule has 4 aliphatic rings. The van der Waals surface area contributed by atoms with Crippen LogP contribution < -0.4 is 14.8 Å². The predicted octanol–water partition coefficient (Wildman–Crippen LogP) is 1.52. The van der Waals surface area contributed by atoms with Crippen molar-refractivity contribution in [3.63, 3.8) is 0 Å². The van der Waals surface area contributed by atoms with Crippen molar-refractivity contribution in [3.8, 4) is 11.5 Å². The van der Waals surface area contributed by atoms with Crippen LogP contribution in [0.15, 0.2) is 16.7 Å². The van der Waals surface area contributed by atoms with Crippen molar-refractivity contribution in [2.24, 2.45) is 5.41 Å². The smallest absolute Gasteiger partial charge is 0.306 e. The largest absolute Gasteiger partial charge is 0.483 e. The van der Waals surface area contributed by atoms with E-state index in [9.17, 15) is 35.1 Å². The summed E-state index contributed by atoms with van der Waals surface area (Å²) in [6, 6.07) is 1.83. The molecule has 2 aliphatic carbocycles. The Balaban J connectivity index is 1.47. The average Bonchev–Trinajstić information content (AvgIpc) is 3.83. The molecular formula is C32H43NO12. The molecule has 1 aromatic heterocycles. The molecule has 2 saturated carbocycles. The number of fused-ring (bicyclic) bond motifs is 1. The monoisotopic (exact) mass is 633 g/mol. The zero-order chi connectivity index (χ0) is 31.9. The molecule has 2 aromatic rings. The summed E-state index contributed by atoms with van der Waals surface area (Å²) < 4.78 is 29.7. The van der Waals surface area contributed by atoms with Crippen LogP contribution in [0, 0.1) is 5.41 Å². The molecule has 6 N–H and O–H groups in total. The standard InChI is InChI=1S/C32H43NO12/c1-2-41-21(34)10-9-16-13-18-19(20-14-33-31(40)32(20)11-5-6-12-32)15-42-26(18)28(43-17-7-3-4-8-17)25(16)44-30-24(37)22(35)23(36)27(45-30)29(38)39/h13,15,17,20,22-24,27,29-30,35-39H,2-12,14H2,1H3,(H,33,40)/t20-,22-,23-,24+,27-,30-/m0/s1. The molecular weight excluding hydrogens is 590 g/mol. The lowest BCUT2D eigenvalue weighted by atomic mass is 9.72. The molecule has 0 unspecified atom stereocenters. The van der Waals surface area contributed by atoms with E-state index < -0.39 is 48.4 Å². The Morgan fingerprint density at radius 3 is 2.47 bits per heavy atom. The van der Waals surface area contributed by atoms with E-state index in [-0.39, 0.29) is 48.9 Å². The zero-order valence-corrected chi connectivity index (χ0v) is 25.4. The van der Waals surface area contributed by atoms with E-state index in [0.29, 0.717) is 23.1 Å². The molecule has 0 bridgehead atoms. The van der Waals surface area contributed by atoms with Gasteiger partial charge in [0.15, 0.2) is 17.6 Å². The first-order chi connectivity index (χ1) is 21.6. The number of nitrogens with one attached hydrogen (secondary N) is 1. The minimum Gasteiger partial charge on any atom is -0.483 e. The summed E-state index contributed by atoms with van der Waals surface area (Å²) in [6.07, 6.45) is -2.25. The lowest BCUT2D eigenvalue weighted by Gasteiger charge is -2.41. The Morgan fingerprint density at radius 2 is 1.78 bits per heavy atom. The van der Waals surface area contributed by atoms with E-state index >= 15 is 0 Å². The van der Waals surface area contributed by atoms with E-state index in [4.69, 9.17) is 23.4 Å². The molecule has 13 heteroatoms. The number of carbonyl (C=O) groups excluding carboxylic acids is 2. The molecule has 1 spiro atoms. The highest BCUT2D eigenvalue weighted by Crippen LogP contribution is 2.54. The number of ether oxygens (including phenoxy) is 4. The molecule has 2 aliphatic heterocycles. The molecule has 6 atom stereocenters. The maximum absolute atomic E-state index is 13.1. The Labute approximate surface area is 260 Å². The first-order valence-corrected chi connectivity index (χ1v) is 16.0. The first-order valence-electron chi connectivity index (χ1n) is 16.0. The van der Waals surface area contributed by atoms with Gasteiger partial charge >= 0.3 is 5.97 Å². The second-order valence-corrected chi connectivity index (χ2v) is 12.7. The van der Waals surface area contributed by atoms with E-state index in [1.54, 1.807) is 13.2 Å². The summed E-state index contributed by atoms with van der Waals surface area (Å²) >= 11 is 0. The molecule has 3 heterocycles. The molecule has 45 heavy (non-hydrogen) atoms. The predicted molar refractivity (Wildman–Crippen MR) is 156 cm³/mol. The van der Waals surface area contributed by atoms with Gasteiger partial charge < -0.3 is 54.2 Å². The molecule has 1 aromatic carbocycles. The fourth-order valence-corrected chi connectivity index (χ4v) is 7.58. The Kier molecular flexibility index (Phi) is 9.28. The number of rotatable bonds is 10. The second-order valence-electron chi connectivity index (χ2n) is 12.7. The van der Waals surface area contributed by atoms with E-state index in [2.05, 4.69) is 5.32 Å². The number of hydrogen-bond acceptors (Lipinski definition) is 12. The summed E-state index contributed by atoms with van der Waals surface area (Å²) in [5.41, 5.74) is 1.19. The van der Waals surface area contributed by atoms with Crippen LogP contribution in [0.1, 0.15) is 81.8 Å². The van der Waals surface area contributed by atoms with Gasteiger partial charge in [-0.2, -0.15) is 0 Å². The molecule has 13 nitrogen and oxygen atoms in total. The topological polar surface area (TPSA) is 197 Å². The van der Waals surface area contributed by atoms with Crippen LogP contribution in [0.4, 0.5) is 0 Å². The van der Waals surface area contributed by atoms with Gasteiger partial charge in [-0.1, -0.05) is 12.8 Å². The van der Waals surface area contributed by atoms with Crippen molar-refractivity contribution in [1.29, 1.82) is 0 Å². The molecule has 2 saturated heterocycles. The number of furan rings is 1. The second kappa shape index (κ2) is 13.0. The van der Waals surface area contributed by atoms with E-state index in [0.717, 1.165) is 56.9 Å². The van der Waals surface area contributed by atoms with Crippen molar-refractivity contribution in [1.82, 2.24) is 5.32 Å². The number of carbonyl (C=O) groups is 2. The number of benzene rings is 1. The van der Waals surface area contributed by atoms with Gasteiger partial charge in [-0.3, -0.25) is 9.59 Å². The number of aryl methyl sites for hydroxylation is 1. The highest BCUT2D eigenvalue weighted by atomic mass is 16.7. The minimum absolute atomic E-state index is 0.00738. The first kappa shape index (κ1) is 32.0. The SMILES string of the molecule is CCOC(=O)CCc1cc2c([C@@H]3CNC(=O)C34CCCC4)coc2c(OC2CCCC2)c1O[C@H]1O[C@H](C(O)O)[C@@H](O)[C@H](O)[C@H]1O. The average molecular weight is 634 g/mol. The maximum atomic E-state index is 13.1. The van der Waals surface area contributed by atoms with Crippen LogP contribution in [0.25, 0.3) is 11.0 Å². The van der Waals surface area contributed by atoms with Crippen molar-refractivity contribution in [2.75, 3.05) is 13.2 Å². The van der Waals surface area contributed by atoms with Crippen LogP contribution in [-0.2, 0) is 25.5 Å². The molecule has 1 amide bonds. The number of amides is 1. The lowest BCUT2D eigenvalue weighted by Crippen LogP contribution is -2.62. The van der Waals surface area contributed by atoms with Crippen LogP contribution in [-0.4, -0.2) is 93.7 Å². The molecule has 0 radical (unpaired) electrons. The fourth-order valence-electron chi connectivity index (χ4n) is 7.58. The zero-order valence-electron chi connectivity index (χ0n) is 25.4. The Hall–Kier alpha value is -2.94. The highest BCUT2D eigenvalue weighted by molar-refractivity contribution is 5.93. The van der Waals surface area contributed by atoms with Crippen molar-refractivity contribution in [3.05, 3.63) is 23.5 Å². The van der Waals surface area contributed by atoms with Gasteiger partial charge in [-0.25, -0.2) is 0 Å². The summed E-state index contributed by atoms with van der Waals surface area (Å²) in [7, 11) is 0. The van der Waals surface area contributed by atoms with Crippen LogP contribution in [0.3, 0.4) is 0 Å². The number of aliphatic hydroxyl groups is 5. The van der Waals surface area contributed by atoms with Crippen LogP contribution in [0.2, 0.25) is 0 Å². The third-order valence-corrected chi connectivity index (χ3v) is 9.96. The van der Waals surface area contributed by atoms with E-state index in [1.807, 2.05) is 6.07 Å². The normalized spacial score (nSPS) is 30.0. The summed E-state index contributed by atoms with van der Waals surface area (Å²) in [4.78, 5) is 25.6. The Bertz CT molecular complexity index is 1380. The summed E-state index contributed by atoms with van der Waals surface area (Å²) in [6.45, 7) is 2.39. The minimum atomic E-state index is -2.17. The van der Waals surface area contributed by atoms with Crippen molar-refractivity contribution >= 4 is 22.8 Å². The summed E-state index contributed by atoms with van der Waals surface area (Å²) in [5.74, 6) is -0.200. The quantitative estimate of drug-likeness (QED) is 0.163. The number of hydrogen-bond donors (Lipinski definition) is 6. The maximum Gasteiger partial charge on any atom is 0.306 e. The highest BCUT2D eigenvalue weighted by Gasteiger charge is 2.53.